The minimum atomic E-state index is -0.871. The maximum atomic E-state index is 12.0. The quantitative estimate of drug-likeness (QED) is 0.596. The lowest BCUT2D eigenvalue weighted by Crippen LogP contribution is -2.30. The third-order valence-corrected chi connectivity index (χ3v) is 3.74. The average molecular weight is 290 g/mol. The van der Waals surface area contributed by atoms with Gasteiger partial charge in [0.1, 0.15) is 0 Å². The molecule has 1 aromatic carbocycles. The van der Waals surface area contributed by atoms with Crippen molar-refractivity contribution in [3.8, 4) is 0 Å². The normalized spacial score (nSPS) is 13.1. The molecule has 0 atom stereocenters. The largest absolute Gasteiger partial charge is 0.465 e. The molecule has 0 bridgehead atoms. The van der Waals surface area contributed by atoms with Gasteiger partial charge in [0.05, 0.1) is 13.2 Å². The van der Waals surface area contributed by atoms with Crippen LogP contribution in [0, 0.1) is 5.92 Å². The molecule has 0 unspecified atom stereocenters. The van der Waals surface area contributed by atoms with Gasteiger partial charge in [-0.3, -0.25) is 9.59 Å². The monoisotopic (exact) mass is 290 g/mol. The summed E-state index contributed by atoms with van der Waals surface area (Å²) in [5, 5.41) is 0. The van der Waals surface area contributed by atoms with E-state index in [-0.39, 0.29) is 13.2 Å². The van der Waals surface area contributed by atoms with Gasteiger partial charge in [-0.05, 0) is 56.2 Å². The van der Waals surface area contributed by atoms with Crippen molar-refractivity contribution in [1.29, 1.82) is 0 Å². The van der Waals surface area contributed by atoms with E-state index in [4.69, 9.17) is 9.47 Å². The average Bonchev–Trinajstić information content (AvgIpc) is 2.92. The van der Waals surface area contributed by atoms with Crippen molar-refractivity contribution in [3.63, 3.8) is 0 Å². The van der Waals surface area contributed by atoms with Crippen molar-refractivity contribution in [3.05, 3.63) is 34.9 Å². The van der Waals surface area contributed by atoms with Crippen LogP contribution >= 0.6 is 0 Å². The summed E-state index contributed by atoms with van der Waals surface area (Å²) in [5.74, 6) is -1.88. The Morgan fingerprint density at radius 3 is 2.29 bits per heavy atom. The first-order valence-corrected chi connectivity index (χ1v) is 7.59. The molecule has 0 aromatic heterocycles. The fourth-order valence-corrected chi connectivity index (χ4v) is 2.74. The highest BCUT2D eigenvalue weighted by molar-refractivity contribution is 5.95. The van der Waals surface area contributed by atoms with Crippen LogP contribution in [0.2, 0.25) is 0 Å². The zero-order chi connectivity index (χ0) is 15.2. The van der Waals surface area contributed by atoms with Crippen LogP contribution in [0.4, 0.5) is 0 Å². The smallest absolute Gasteiger partial charge is 0.320 e. The molecule has 1 aliphatic rings. The number of carbonyl (C=O) groups excluding carboxylic acids is 2. The zero-order valence-electron chi connectivity index (χ0n) is 12.7. The highest BCUT2D eigenvalue weighted by Gasteiger charge is 2.30. The van der Waals surface area contributed by atoms with Gasteiger partial charge < -0.3 is 9.47 Å². The Morgan fingerprint density at radius 1 is 1.05 bits per heavy atom. The van der Waals surface area contributed by atoms with Crippen molar-refractivity contribution in [2.75, 3.05) is 13.2 Å². The second-order valence-corrected chi connectivity index (χ2v) is 5.22. The standard InChI is InChI=1S/C17H22O4/c1-3-20-16(18)15(17(19)21-4-2)11-12-8-9-13-6-5-7-14(13)10-12/h8-10,15H,3-7,11H2,1-2H3. The predicted molar refractivity (Wildman–Crippen MR) is 78.9 cm³/mol. The molecule has 0 radical (unpaired) electrons. The topological polar surface area (TPSA) is 52.6 Å². The van der Waals surface area contributed by atoms with Crippen molar-refractivity contribution in [2.45, 2.75) is 39.5 Å². The summed E-state index contributed by atoms with van der Waals surface area (Å²) < 4.78 is 9.99. The number of esters is 2. The Balaban J connectivity index is 2.13. The molecule has 0 saturated carbocycles. The summed E-state index contributed by atoms with van der Waals surface area (Å²) in [6.45, 7) is 3.99. The third-order valence-electron chi connectivity index (χ3n) is 3.74. The van der Waals surface area contributed by atoms with Gasteiger partial charge in [0.2, 0.25) is 0 Å². The van der Waals surface area contributed by atoms with Crippen molar-refractivity contribution >= 4 is 11.9 Å². The van der Waals surface area contributed by atoms with Crippen molar-refractivity contribution in [2.24, 2.45) is 5.92 Å². The fraction of sp³-hybridized carbons (Fsp3) is 0.529. The second kappa shape index (κ2) is 7.25. The Labute approximate surface area is 125 Å². The second-order valence-electron chi connectivity index (χ2n) is 5.22. The van der Waals surface area contributed by atoms with Crippen molar-refractivity contribution < 1.29 is 19.1 Å². The third kappa shape index (κ3) is 3.84. The number of fused-ring (bicyclic) bond motifs is 1. The fourth-order valence-electron chi connectivity index (χ4n) is 2.74. The lowest BCUT2D eigenvalue weighted by Gasteiger charge is -2.15. The lowest BCUT2D eigenvalue weighted by atomic mass is 9.96. The molecule has 0 fully saturated rings. The number of carbonyl (C=O) groups is 2. The van der Waals surface area contributed by atoms with Crippen LogP contribution in [0.3, 0.4) is 0 Å². The maximum Gasteiger partial charge on any atom is 0.320 e. The Hall–Kier alpha value is -1.84. The summed E-state index contributed by atoms with van der Waals surface area (Å²) in [5.41, 5.74) is 3.70. The van der Waals surface area contributed by atoms with E-state index >= 15 is 0 Å². The summed E-state index contributed by atoms with van der Waals surface area (Å²) in [6, 6.07) is 6.20. The maximum absolute atomic E-state index is 12.0. The first kappa shape index (κ1) is 15.5. The van der Waals surface area contributed by atoms with E-state index < -0.39 is 17.9 Å². The molecule has 0 spiro atoms. The van der Waals surface area contributed by atoms with Gasteiger partial charge in [0, 0.05) is 0 Å². The van der Waals surface area contributed by atoms with Gasteiger partial charge in [-0.2, -0.15) is 0 Å². The number of aryl methyl sites for hydroxylation is 2. The number of benzene rings is 1. The van der Waals surface area contributed by atoms with E-state index in [0.717, 1.165) is 18.4 Å². The zero-order valence-corrected chi connectivity index (χ0v) is 12.7. The van der Waals surface area contributed by atoms with Gasteiger partial charge in [0.15, 0.2) is 5.92 Å². The van der Waals surface area contributed by atoms with Crippen molar-refractivity contribution in [1.82, 2.24) is 0 Å². The van der Waals surface area contributed by atoms with Crippen LogP contribution in [0.15, 0.2) is 18.2 Å². The summed E-state index contributed by atoms with van der Waals surface area (Å²) >= 11 is 0. The molecule has 4 heteroatoms. The van der Waals surface area contributed by atoms with Gasteiger partial charge in [-0.1, -0.05) is 18.2 Å². The van der Waals surface area contributed by atoms with Crippen LogP contribution in [0.1, 0.15) is 37.0 Å². The molecule has 0 saturated heterocycles. The molecule has 0 heterocycles. The molecule has 114 valence electrons. The summed E-state index contributed by atoms with van der Waals surface area (Å²) in [4.78, 5) is 23.9. The van der Waals surface area contributed by atoms with E-state index in [1.54, 1.807) is 13.8 Å². The number of ether oxygens (including phenoxy) is 2. The van der Waals surface area contributed by atoms with Crippen LogP contribution in [-0.4, -0.2) is 25.2 Å². The molecule has 1 aliphatic carbocycles. The minimum Gasteiger partial charge on any atom is -0.465 e. The summed E-state index contributed by atoms with van der Waals surface area (Å²) in [6.07, 6.45) is 3.71. The van der Waals surface area contributed by atoms with E-state index in [9.17, 15) is 9.59 Å². The van der Waals surface area contributed by atoms with Gasteiger partial charge in [-0.25, -0.2) is 0 Å². The molecular formula is C17H22O4. The first-order chi connectivity index (χ1) is 10.2. The van der Waals surface area contributed by atoms with Crippen LogP contribution in [-0.2, 0) is 38.3 Å². The Morgan fingerprint density at radius 2 is 1.67 bits per heavy atom. The Kier molecular flexibility index (Phi) is 5.37. The number of hydrogen-bond donors (Lipinski definition) is 0. The molecule has 21 heavy (non-hydrogen) atoms. The molecule has 1 aromatic rings. The SMILES string of the molecule is CCOC(=O)C(Cc1ccc2c(c1)CCC2)C(=O)OCC. The van der Waals surface area contributed by atoms with Gasteiger partial charge >= 0.3 is 11.9 Å². The highest BCUT2D eigenvalue weighted by Crippen LogP contribution is 2.24. The van der Waals surface area contributed by atoms with E-state index in [1.807, 2.05) is 6.07 Å². The van der Waals surface area contributed by atoms with E-state index in [1.165, 1.54) is 17.5 Å². The lowest BCUT2D eigenvalue weighted by molar-refractivity contribution is -0.161. The summed E-state index contributed by atoms with van der Waals surface area (Å²) in [7, 11) is 0. The number of rotatable bonds is 6. The van der Waals surface area contributed by atoms with E-state index in [0.29, 0.717) is 6.42 Å². The molecule has 0 N–H and O–H groups in total. The van der Waals surface area contributed by atoms with Crippen LogP contribution in [0.25, 0.3) is 0 Å². The molecule has 2 rings (SSSR count). The highest BCUT2D eigenvalue weighted by atomic mass is 16.6. The molecule has 0 aliphatic heterocycles. The van der Waals surface area contributed by atoms with Gasteiger partial charge in [0.25, 0.3) is 0 Å². The van der Waals surface area contributed by atoms with E-state index in [2.05, 4.69) is 12.1 Å². The molecule has 4 nitrogen and oxygen atoms in total. The Bertz CT molecular complexity index is 504. The molecular weight excluding hydrogens is 268 g/mol. The van der Waals surface area contributed by atoms with Crippen LogP contribution < -0.4 is 0 Å². The molecule has 0 amide bonds. The minimum absolute atomic E-state index is 0.263. The van der Waals surface area contributed by atoms with Gasteiger partial charge in [-0.15, -0.1) is 0 Å². The van der Waals surface area contributed by atoms with Crippen LogP contribution in [0.5, 0.6) is 0 Å². The predicted octanol–water partition coefficient (Wildman–Crippen LogP) is 2.46. The number of hydrogen-bond acceptors (Lipinski definition) is 4. The first-order valence-electron chi connectivity index (χ1n) is 7.59.